The molecule has 0 fully saturated rings. The maximum Gasteiger partial charge on any atom is 0.209 e. The van der Waals surface area contributed by atoms with Crippen LogP contribution in [0, 0.1) is 11.8 Å². The molecule has 31 heavy (non-hydrogen) atoms. The molecule has 0 radical (unpaired) electrons. The molecule has 0 heterocycles. The number of Topliss-reactive ketones (excluding diaryl/α,β-unsaturated/α-hetero) is 3. The van der Waals surface area contributed by atoms with E-state index < -0.39 is 51.9 Å². The van der Waals surface area contributed by atoms with Crippen molar-refractivity contribution < 1.29 is 39.5 Å². The van der Waals surface area contributed by atoms with Crippen LogP contribution in [0.15, 0.2) is 40.9 Å². The Morgan fingerprint density at radius 2 is 1.97 bits per heavy atom. The molecule has 3 aliphatic carbocycles. The summed E-state index contributed by atoms with van der Waals surface area (Å²) in [6.45, 7) is 1.23. The number of carbonyl (C=O) groups is 3. The van der Waals surface area contributed by atoms with E-state index in [0.717, 1.165) is 12.5 Å². The van der Waals surface area contributed by atoms with Crippen molar-refractivity contribution in [3.63, 3.8) is 0 Å². The quantitative estimate of drug-likeness (QED) is 0.410. The Balaban J connectivity index is 1.81. The molecular weight excluding hydrogens is 404 g/mol. The van der Waals surface area contributed by atoms with Gasteiger partial charge in [-0.3, -0.25) is 14.4 Å². The molecule has 3 aliphatic rings. The lowest BCUT2D eigenvalue weighted by molar-refractivity contribution is -0.144. The van der Waals surface area contributed by atoms with E-state index in [9.17, 15) is 29.7 Å². The number of aliphatic hydroxyl groups is 4. The Hall–Kier alpha value is -2.97. The van der Waals surface area contributed by atoms with E-state index in [0.29, 0.717) is 18.6 Å². The highest BCUT2D eigenvalue weighted by molar-refractivity contribution is 6.25. The van der Waals surface area contributed by atoms with Gasteiger partial charge >= 0.3 is 0 Å². The number of fused-ring (bicyclic) bond motifs is 3. The number of hydrogen-bond donors (Lipinski definition) is 4. The summed E-state index contributed by atoms with van der Waals surface area (Å²) in [6.07, 6.45) is 0.824. The predicted octanol–water partition coefficient (Wildman–Crippen LogP) is 1.74. The van der Waals surface area contributed by atoms with Crippen LogP contribution in [-0.2, 0) is 16.0 Å². The zero-order valence-electron chi connectivity index (χ0n) is 17.1. The molecule has 0 amide bonds. The van der Waals surface area contributed by atoms with E-state index >= 15 is 0 Å². The number of allylic oxidation sites excluding steroid dienone is 2. The topological polar surface area (TPSA) is 141 Å². The van der Waals surface area contributed by atoms with Crippen molar-refractivity contribution in [1.82, 2.24) is 0 Å². The highest BCUT2D eigenvalue weighted by Gasteiger charge is 2.59. The molecule has 8 nitrogen and oxygen atoms in total. The highest BCUT2D eigenvalue weighted by Crippen LogP contribution is 2.51. The first-order chi connectivity index (χ1) is 14.7. The van der Waals surface area contributed by atoms with E-state index in [2.05, 4.69) is 0 Å². The molecule has 0 aromatic heterocycles. The maximum absolute atomic E-state index is 13.4. The lowest BCUT2D eigenvalue weighted by Gasteiger charge is -2.45. The van der Waals surface area contributed by atoms with Gasteiger partial charge in [0.05, 0.1) is 12.2 Å². The molecule has 3 atom stereocenters. The number of carbonyl (C=O) groups excluding carboxylic acids is 3. The van der Waals surface area contributed by atoms with Crippen molar-refractivity contribution >= 4 is 17.3 Å². The lowest BCUT2D eigenvalue weighted by atomic mass is 9.60. The molecule has 4 N–H and O–H groups in total. The first kappa shape index (κ1) is 21.3. The number of benzene rings is 1. The standard InChI is InChI=1S/C23H24O8/c1-11(25)17-15(26)10-14-9-13-8-12-4-2-5-16(31-7-3-6-24)18(12)20(27)19(13)22(29)23(14,30)21(17)28/h2,4-5,13-14,24,26,29-30H,3,6-10H2,1H3/t13-,14-,23+/m0/s1. The number of hydrogen-bond acceptors (Lipinski definition) is 8. The molecule has 1 aromatic rings. The maximum atomic E-state index is 13.4. The highest BCUT2D eigenvalue weighted by atomic mass is 16.5. The van der Waals surface area contributed by atoms with Gasteiger partial charge in [0.25, 0.3) is 0 Å². The lowest BCUT2D eigenvalue weighted by Crippen LogP contribution is -2.56. The number of aliphatic hydroxyl groups excluding tert-OH is 3. The van der Waals surface area contributed by atoms with Gasteiger partial charge in [0.15, 0.2) is 17.2 Å². The van der Waals surface area contributed by atoms with Gasteiger partial charge in [0.1, 0.15) is 22.8 Å². The normalized spacial score (nSPS) is 27.6. The minimum absolute atomic E-state index is 0.0536. The van der Waals surface area contributed by atoms with Crippen molar-refractivity contribution in [3.05, 3.63) is 52.0 Å². The van der Waals surface area contributed by atoms with Gasteiger partial charge in [-0.2, -0.15) is 0 Å². The van der Waals surface area contributed by atoms with Crippen LogP contribution >= 0.6 is 0 Å². The molecule has 8 heteroatoms. The molecule has 4 rings (SSSR count). The zero-order chi connectivity index (χ0) is 22.5. The Morgan fingerprint density at radius 1 is 1.23 bits per heavy atom. The minimum atomic E-state index is -2.43. The third-order valence-electron chi connectivity index (χ3n) is 6.45. The SMILES string of the molecule is CC(=O)C1=C(O)C[C@@H]2C[C@@H]3Cc4cccc(OCCCO)c4C(=O)C3=C(O)[C@]2(O)C1=O. The van der Waals surface area contributed by atoms with Gasteiger partial charge in [-0.1, -0.05) is 12.1 Å². The molecule has 0 spiro atoms. The molecule has 0 bridgehead atoms. The second kappa shape index (κ2) is 7.62. The average Bonchev–Trinajstić information content (AvgIpc) is 2.70. The smallest absolute Gasteiger partial charge is 0.209 e. The molecular formula is C23H24O8. The Labute approximate surface area is 178 Å². The number of ether oxygens (including phenoxy) is 1. The summed E-state index contributed by atoms with van der Waals surface area (Å²) >= 11 is 0. The second-order valence-corrected chi connectivity index (χ2v) is 8.32. The Bertz CT molecular complexity index is 1050. The second-order valence-electron chi connectivity index (χ2n) is 8.32. The summed E-state index contributed by atoms with van der Waals surface area (Å²) in [7, 11) is 0. The van der Waals surface area contributed by atoms with Crippen LogP contribution in [0.2, 0.25) is 0 Å². The van der Waals surface area contributed by atoms with E-state index in [1.54, 1.807) is 18.2 Å². The van der Waals surface area contributed by atoms with Crippen molar-refractivity contribution in [2.24, 2.45) is 11.8 Å². The summed E-state index contributed by atoms with van der Waals surface area (Å²) in [4.78, 5) is 38.3. The molecule has 164 valence electrons. The van der Waals surface area contributed by atoms with Gasteiger partial charge in [-0.05, 0) is 37.3 Å². The number of rotatable bonds is 5. The van der Waals surface area contributed by atoms with Crippen LogP contribution in [0.5, 0.6) is 5.75 Å². The van der Waals surface area contributed by atoms with Crippen molar-refractivity contribution in [2.45, 2.75) is 38.2 Å². The van der Waals surface area contributed by atoms with E-state index in [1.165, 1.54) is 0 Å². The fourth-order valence-corrected chi connectivity index (χ4v) is 5.02. The van der Waals surface area contributed by atoms with Crippen LogP contribution in [0.3, 0.4) is 0 Å². The summed E-state index contributed by atoms with van der Waals surface area (Å²) in [5, 5.41) is 41.5. The van der Waals surface area contributed by atoms with E-state index in [1.807, 2.05) is 0 Å². The molecule has 0 saturated heterocycles. The van der Waals surface area contributed by atoms with Crippen LogP contribution in [-0.4, -0.2) is 56.6 Å². The van der Waals surface area contributed by atoms with Crippen LogP contribution in [0.4, 0.5) is 0 Å². The third-order valence-corrected chi connectivity index (χ3v) is 6.45. The largest absolute Gasteiger partial charge is 0.511 e. The van der Waals surface area contributed by atoms with Crippen molar-refractivity contribution in [3.8, 4) is 5.75 Å². The third kappa shape index (κ3) is 3.09. The summed E-state index contributed by atoms with van der Waals surface area (Å²) in [6, 6.07) is 5.16. The summed E-state index contributed by atoms with van der Waals surface area (Å²) in [5.74, 6) is -4.46. The van der Waals surface area contributed by atoms with Gasteiger partial charge in [0.2, 0.25) is 5.78 Å². The first-order valence-corrected chi connectivity index (χ1v) is 10.3. The van der Waals surface area contributed by atoms with Gasteiger partial charge in [0, 0.05) is 30.9 Å². The van der Waals surface area contributed by atoms with Crippen LogP contribution in [0.25, 0.3) is 0 Å². The fraction of sp³-hybridized carbons (Fsp3) is 0.435. The predicted molar refractivity (Wildman–Crippen MR) is 108 cm³/mol. The van der Waals surface area contributed by atoms with Crippen molar-refractivity contribution in [2.75, 3.05) is 13.2 Å². The fourth-order valence-electron chi connectivity index (χ4n) is 5.02. The van der Waals surface area contributed by atoms with Crippen LogP contribution < -0.4 is 4.74 Å². The van der Waals surface area contributed by atoms with E-state index in [-0.39, 0.29) is 37.2 Å². The number of ketones is 3. The summed E-state index contributed by atoms with van der Waals surface area (Å²) < 4.78 is 5.65. The molecule has 0 saturated carbocycles. The van der Waals surface area contributed by atoms with Crippen LogP contribution in [0.1, 0.15) is 42.1 Å². The first-order valence-electron chi connectivity index (χ1n) is 10.3. The molecule has 0 unspecified atom stereocenters. The van der Waals surface area contributed by atoms with E-state index in [4.69, 9.17) is 9.84 Å². The van der Waals surface area contributed by atoms with Gasteiger partial charge in [-0.25, -0.2) is 0 Å². The molecule has 0 aliphatic heterocycles. The summed E-state index contributed by atoms with van der Waals surface area (Å²) in [5.41, 5.74) is -2.04. The Morgan fingerprint density at radius 3 is 2.65 bits per heavy atom. The average molecular weight is 428 g/mol. The zero-order valence-corrected chi connectivity index (χ0v) is 17.1. The monoisotopic (exact) mass is 428 g/mol. The minimum Gasteiger partial charge on any atom is -0.511 e. The van der Waals surface area contributed by atoms with Gasteiger partial charge in [-0.15, -0.1) is 0 Å². The Kier molecular flexibility index (Phi) is 5.23. The van der Waals surface area contributed by atoms with Gasteiger partial charge < -0.3 is 25.2 Å². The molecule has 1 aromatic carbocycles. The van der Waals surface area contributed by atoms with Crippen molar-refractivity contribution in [1.29, 1.82) is 0 Å².